The lowest BCUT2D eigenvalue weighted by Gasteiger charge is -2.06. The number of anilines is 1. The Bertz CT molecular complexity index is 1040. The summed E-state index contributed by atoms with van der Waals surface area (Å²) in [7, 11) is -3.74. The van der Waals surface area contributed by atoms with Gasteiger partial charge in [-0.15, -0.1) is 0 Å². The van der Waals surface area contributed by atoms with Gasteiger partial charge in [-0.25, -0.2) is 8.42 Å². The smallest absolute Gasteiger partial charge is 0.265 e. The van der Waals surface area contributed by atoms with Crippen molar-refractivity contribution in [2.75, 3.05) is 4.72 Å². The number of nitrogens with one attached hydrogen (secondary N) is 1. The first-order valence-corrected chi connectivity index (χ1v) is 10.1. The Kier molecular flexibility index (Phi) is 5.27. The molecule has 138 valence electrons. The van der Waals surface area contributed by atoms with E-state index in [0.29, 0.717) is 34.5 Å². The maximum Gasteiger partial charge on any atom is 0.265 e. The molecule has 1 N–H and O–H groups in total. The minimum Gasteiger partial charge on any atom is -0.276 e. The Morgan fingerprint density at radius 1 is 1.19 bits per heavy atom. The molecule has 0 fully saturated rings. The van der Waals surface area contributed by atoms with E-state index in [9.17, 15) is 8.42 Å². The molecule has 0 aliphatic rings. The summed E-state index contributed by atoms with van der Waals surface area (Å²) in [5.74, 6) is 0. The fourth-order valence-corrected chi connectivity index (χ4v) is 4.22. The minimum atomic E-state index is -3.74. The van der Waals surface area contributed by atoms with Crippen molar-refractivity contribution in [2.24, 2.45) is 0 Å². The molecule has 1 aromatic carbocycles. The topological polar surface area (TPSA) is 81.8 Å². The molecule has 0 aliphatic heterocycles. The van der Waals surface area contributed by atoms with Crippen LogP contribution in [-0.2, 0) is 23.1 Å². The fourth-order valence-electron chi connectivity index (χ4n) is 2.55. The molecule has 0 radical (unpaired) electrons. The molecule has 2 heterocycles. The highest BCUT2D eigenvalue weighted by molar-refractivity contribution is 7.92. The standard InChI is InChI=1S/C16H17Cl2N5O2S/c1-3-23-11(2)16(8-20-23)26(24,25)21-14-7-19-22(10-14)9-12-4-5-13(17)6-15(12)18/h4-8,10,21H,3,9H2,1-2H3. The predicted octanol–water partition coefficient (Wildman–Crippen LogP) is 3.56. The number of aromatic nitrogens is 4. The van der Waals surface area contributed by atoms with Gasteiger partial charge in [-0.05, 0) is 31.5 Å². The van der Waals surface area contributed by atoms with E-state index in [4.69, 9.17) is 23.2 Å². The van der Waals surface area contributed by atoms with Crippen molar-refractivity contribution in [1.29, 1.82) is 0 Å². The van der Waals surface area contributed by atoms with Crippen molar-refractivity contribution in [3.05, 3.63) is 58.1 Å². The van der Waals surface area contributed by atoms with Crippen LogP contribution in [0, 0.1) is 6.92 Å². The Labute approximate surface area is 161 Å². The highest BCUT2D eigenvalue weighted by atomic mass is 35.5. The van der Waals surface area contributed by atoms with Gasteiger partial charge in [0, 0.05) is 22.8 Å². The second-order valence-corrected chi connectivity index (χ2v) is 8.17. The number of nitrogens with zero attached hydrogens (tertiary/aromatic N) is 4. The molecule has 0 bridgehead atoms. The maximum atomic E-state index is 12.6. The summed E-state index contributed by atoms with van der Waals surface area (Å²) in [6, 6.07) is 5.20. The first-order chi connectivity index (χ1) is 12.3. The first kappa shape index (κ1) is 18.8. The monoisotopic (exact) mass is 413 g/mol. The van der Waals surface area contributed by atoms with E-state index in [1.165, 1.54) is 12.4 Å². The highest BCUT2D eigenvalue weighted by Gasteiger charge is 2.21. The van der Waals surface area contributed by atoms with Gasteiger partial charge >= 0.3 is 0 Å². The van der Waals surface area contributed by atoms with Gasteiger partial charge in [0.1, 0.15) is 4.90 Å². The van der Waals surface area contributed by atoms with Gasteiger partial charge in [0.2, 0.25) is 0 Å². The largest absolute Gasteiger partial charge is 0.276 e. The molecule has 7 nitrogen and oxygen atoms in total. The number of hydrogen-bond donors (Lipinski definition) is 1. The lowest BCUT2D eigenvalue weighted by atomic mass is 10.2. The molecule has 0 unspecified atom stereocenters. The third kappa shape index (κ3) is 3.87. The van der Waals surface area contributed by atoms with Crippen molar-refractivity contribution < 1.29 is 8.42 Å². The SMILES string of the molecule is CCn1ncc(S(=O)(=O)Nc2cnn(Cc3ccc(Cl)cc3Cl)c2)c1C. The third-order valence-corrected chi connectivity index (χ3v) is 5.95. The number of sulfonamides is 1. The van der Waals surface area contributed by atoms with Crippen LogP contribution in [0.15, 0.2) is 41.7 Å². The van der Waals surface area contributed by atoms with E-state index >= 15 is 0 Å². The second kappa shape index (κ2) is 7.30. The van der Waals surface area contributed by atoms with E-state index in [2.05, 4.69) is 14.9 Å². The van der Waals surface area contributed by atoms with Crippen molar-refractivity contribution in [2.45, 2.75) is 31.8 Å². The highest BCUT2D eigenvalue weighted by Crippen LogP contribution is 2.23. The van der Waals surface area contributed by atoms with Crippen LogP contribution in [0.4, 0.5) is 5.69 Å². The zero-order valence-corrected chi connectivity index (χ0v) is 16.5. The van der Waals surface area contributed by atoms with E-state index in [0.717, 1.165) is 5.56 Å². The zero-order chi connectivity index (χ0) is 18.9. The normalized spacial score (nSPS) is 11.7. The lowest BCUT2D eigenvalue weighted by molar-refractivity contribution is 0.598. The van der Waals surface area contributed by atoms with Gasteiger partial charge in [0.25, 0.3) is 10.0 Å². The molecule has 26 heavy (non-hydrogen) atoms. The molecular formula is C16H17Cl2N5O2S. The minimum absolute atomic E-state index is 0.146. The van der Waals surface area contributed by atoms with Crippen LogP contribution in [-0.4, -0.2) is 28.0 Å². The Morgan fingerprint density at radius 3 is 2.62 bits per heavy atom. The van der Waals surface area contributed by atoms with Crippen LogP contribution in [0.2, 0.25) is 10.0 Å². The first-order valence-electron chi connectivity index (χ1n) is 7.81. The summed E-state index contributed by atoms with van der Waals surface area (Å²) >= 11 is 12.0. The van der Waals surface area contributed by atoms with E-state index in [1.54, 1.807) is 40.7 Å². The summed E-state index contributed by atoms with van der Waals surface area (Å²) < 4.78 is 30.9. The molecule has 2 aromatic heterocycles. The van der Waals surface area contributed by atoms with E-state index in [-0.39, 0.29) is 4.90 Å². The van der Waals surface area contributed by atoms with Crippen LogP contribution in [0.5, 0.6) is 0 Å². The molecule has 3 aromatic rings. The van der Waals surface area contributed by atoms with Gasteiger partial charge in [-0.3, -0.25) is 14.1 Å². The Balaban J connectivity index is 1.78. The molecule has 10 heteroatoms. The van der Waals surface area contributed by atoms with Crippen LogP contribution >= 0.6 is 23.2 Å². The average molecular weight is 414 g/mol. The van der Waals surface area contributed by atoms with Gasteiger partial charge in [-0.2, -0.15) is 10.2 Å². The number of aryl methyl sites for hydroxylation is 1. The van der Waals surface area contributed by atoms with Crippen LogP contribution in [0.1, 0.15) is 18.2 Å². The van der Waals surface area contributed by atoms with Gasteiger partial charge < -0.3 is 0 Å². The van der Waals surface area contributed by atoms with Crippen LogP contribution in [0.3, 0.4) is 0 Å². The van der Waals surface area contributed by atoms with Crippen molar-refractivity contribution in [3.63, 3.8) is 0 Å². The molecule has 0 amide bonds. The summed E-state index contributed by atoms with van der Waals surface area (Å²) in [5, 5.41) is 9.32. The quantitative estimate of drug-likeness (QED) is 0.669. The van der Waals surface area contributed by atoms with Gasteiger partial charge in [0.15, 0.2) is 0 Å². The number of rotatable bonds is 6. The van der Waals surface area contributed by atoms with Crippen LogP contribution < -0.4 is 4.72 Å². The van der Waals surface area contributed by atoms with Crippen molar-refractivity contribution >= 4 is 38.9 Å². The van der Waals surface area contributed by atoms with Crippen LogP contribution in [0.25, 0.3) is 0 Å². The van der Waals surface area contributed by atoms with Crippen molar-refractivity contribution in [3.8, 4) is 0 Å². The van der Waals surface area contributed by atoms with Gasteiger partial charge in [-0.1, -0.05) is 29.3 Å². The third-order valence-electron chi connectivity index (χ3n) is 3.88. The summed E-state index contributed by atoms with van der Waals surface area (Å²) in [6.45, 7) is 4.61. The molecule has 0 spiro atoms. The molecule has 0 saturated carbocycles. The maximum absolute atomic E-state index is 12.6. The zero-order valence-electron chi connectivity index (χ0n) is 14.1. The second-order valence-electron chi connectivity index (χ2n) is 5.68. The number of halogens is 2. The average Bonchev–Trinajstić information content (AvgIpc) is 3.16. The fraction of sp³-hybridized carbons (Fsp3) is 0.250. The van der Waals surface area contributed by atoms with Gasteiger partial charge in [0.05, 0.1) is 30.3 Å². The van der Waals surface area contributed by atoms with Crippen molar-refractivity contribution in [1.82, 2.24) is 19.6 Å². The number of hydrogen-bond acceptors (Lipinski definition) is 4. The number of benzene rings is 1. The summed E-state index contributed by atoms with van der Waals surface area (Å²) in [5.41, 5.74) is 1.77. The Morgan fingerprint density at radius 2 is 1.96 bits per heavy atom. The summed E-state index contributed by atoms with van der Waals surface area (Å²) in [4.78, 5) is 0.146. The lowest BCUT2D eigenvalue weighted by Crippen LogP contribution is -2.13. The Hall–Kier alpha value is -2.03. The molecule has 3 rings (SSSR count). The molecule has 0 atom stereocenters. The summed E-state index contributed by atoms with van der Waals surface area (Å²) in [6.07, 6.45) is 4.39. The molecular weight excluding hydrogens is 397 g/mol. The van der Waals surface area contributed by atoms with E-state index in [1.807, 2.05) is 6.92 Å². The molecule has 0 saturated heterocycles. The molecule has 0 aliphatic carbocycles. The predicted molar refractivity (Wildman–Crippen MR) is 101 cm³/mol. The van der Waals surface area contributed by atoms with E-state index < -0.39 is 10.0 Å².